The highest BCUT2D eigenvalue weighted by molar-refractivity contribution is 7.16. The van der Waals surface area contributed by atoms with Gasteiger partial charge in [0, 0.05) is 17.0 Å². The number of methoxy groups -OCH3 is 2. The van der Waals surface area contributed by atoms with Crippen molar-refractivity contribution in [1.29, 1.82) is 0 Å². The topological polar surface area (TPSA) is 53.3 Å². The van der Waals surface area contributed by atoms with E-state index < -0.39 is 0 Å². The zero-order valence-electron chi connectivity index (χ0n) is 12.0. The second-order valence-corrected chi connectivity index (χ2v) is 6.38. The Balaban J connectivity index is 2.19. The van der Waals surface area contributed by atoms with Crippen molar-refractivity contribution >= 4 is 34.0 Å². The molecule has 0 fully saturated rings. The van der Waals surface area contributed by atoms with Gasteiger partial charge in [-0.25, -0.2) is 4.98 Å². The van der Waals surface area contributed by atoms with E-state index in [-0.39, 0.29) is 5.56 Å². The van der Waals surface area contributed by atoms with Gasteiger partial charge in [0.1, 0.15) is 0 Å². The summed E-state index contributed by atoms with van der Waals surface area (Å²) in [6.45, 7) is 0.435. The average molecular weight is 337 g/mol. The van der Waals surface area contributed by atoms with Crippen molar-refractivity contribution in [3.8, 4) is 11.5 Å². The Morgan fingerprint density at radius 3 is 2.59 bits per heavy atom. The van der Waals surface area contributed by atoms with Crippen LogP contribution in [0.3, 0.4) is 0 Å². The molecule has 3 aromatic rings. The molecule has 22 heavy (non-hydrogen) atoms. The van der Waals surface area contributed by atoms with Gasteiger partial charge in [-0.15, -0.1) is 11.3 Å². The van der Waals surface area contributed by atoms with E-state index in [0.717, 1.165) is 4.88 Å². The molecule has 0 saturated heterocycles. The highest BCUT2D eigenvalue weighted by Gasteiger charge is 2.12. The fourth-order valence-corrected chi connectivity index (χ4v) is 3.32. The molecule has 0 bridgehead atoms. The fourth-order valence-electron chi connectivity index (χ4n) is 2.25. The largest absolute Gasteiger partial charge is 0.493 e. The third kappa shape index (κ3) is 2.67. The van der Waals surface area contributed by atoms with E-state index in [4.69, 9.17) is 21.1 Å². The SMILES string of the molecule is COc1cc2ncc(=O)n(Cc3ccc(Cl)s3)c2cc1OC. The van der Waals surface area contributed by atoms with E-state index in [1.54, 1.807) is 30.9 Å². The maximum atomic E-state index is 12.2. The van der Waals surface area contributed by atoms with Crippen LogP contribution in [0.25, 0.3) is 11.0 Å². The molecule has 5 nitrogen and oxygen atoms in total. The van der Waals surface area contributed by atoms with E-state index >= 15 is 0 Å². The summed E-state index contributed by atoms with van der Waals surface area (Å²) in [5, 5.41) is 0. The molecule has 0 atom stereocenters. The van der Waals surface area contributed by atoms with E-state index in [0.29, 0.717) is 33.4 Å². The van der Waals surface area contributed by atoms with Crippen LogP contribution in [0, 0.1) is 0 Å². The summed E-state index contributed by atoms with van der Waals surface area (Å²) >= 11 is 7.40. The third-order valence-electron chi connectivity index (χ3n) is 3.29. The smallest absolute Gasteiger partial charge is 0.269 e. The molecule has 2 aromatic heterocycles. The first-order chi connectivity index (χ1) is 10.6. The molecule has 0 spiro atoms. The standard InChI is InChI=1S/C15H13ClN2O3S/c1-20-12-5-10-11(6-13(12)21-2)18(15(19)7-17-10)8-9-3-4-14(16)22-9/h3-7H,8H2,1-2H3. The number of rotatable bonds is 4. The van der Waals surface area contributed by atoms with Gasteiger partial charge in [-0.05, 0) is 12.1 Å². The van der Waals surface area contributed by atoms with Crippen molar-refractivity contribution < 1.29 is 9.47 Å². The lowest BCUT2D eigenvalue weighted by Gasteiger charge is -2.12. The summed E-state index contributed by atoms with van der Waals surface area (Å²) in [7, 11) is 3.12. The number of nitrogens with zero attached hydrogens (tertiary/aromatic N) is 2. The lowest BCUT2D eigenvalue weighted by atomic mass is 10.2. The molecule has 7 heteroatoms. The quantitative estimate of drug-likeness (QED) is 0.734. The van der Waals surface area contributed by atoms with Crippen molar-refractivity contribution in [3.05, 3.63) is 50.0 Å². The van der Waals surface area contributed by atoms with Crippen LogP contribution in [0.5, 0.6) is 11.5 Å². The molecule has 114 valence electrons. The number of ether oxygens (including phenoxy) is 2. The molecule has 0 unspecified atom stereocenters. The molecule has 0 N–H and O–H groups in total. The second kappa shape index (κ2) is 5.98. The molecule has 0 aliphatic heterocycles. The molecule has 0 aliphatic carbocycles. The molecule has 0 radical (unpaired) electrons. The Labute approximate surface area is 135 Å². The molecule has 0 saturated carbocycles. The number of benzene rings is 1. The van der Waals surface area contributed by atoms with Gasteiger partial charge < -0.3 is 14.0 Å². The van der Waals surface area contributed by atoms with E-state index in [9.17, 15) is 4.79 Å². The zero-order chi connectivity index (χ0) is 15.7. The Bertz CT molecular complexity index is 888. The van der Waals surface area contributed by atoms with Crippen LogP contribution in [-0.4, -0.2) is 23.8 Å². The molecule has 0 amide bonds. The Hall–Kier alpha value is -2.05. The molecule has 2 heterocycles. The van der Waals surface area contributed by atoms with E-state index in [2.05, 4.69) is 4.98 Å². The molecular weight excluding hydrogens is 324 g/mol. The van der Waals surface area contributed by atoms with Crippen LogP contribution in [-0.2, 0) is 6.54 Å². The van der Waals surface area contributed by atoms with Crippen molar-refractivity contribution in [2.45, 2.75) is 6.54 Å². The van der Waals surface area contributed by atoms with Crippen molar-refractivity contribution in [2.75, 3.05) is 14.2 Å². The predicted molar refractivity (Wildman–Crippen MR) is 87.5 cm³/mol. The summed E-state index contributed by atoms with van der Waals surface area (Å²) in [5.74, 6) is 1.13. The molecule has 1 aromatic carbocycles. The fraction of sp³-hybridized carbons (Fsp3) is 0.200. The van der Waals surface area contributed by atoms with Gasteiger partial charge in [-0.1, -0.05) is 11.6 Å². The summed E-state index contributed by atoms with van der Waals surface area (Å²) in [6.07, 6.45) is 1.31. The van der Waals surface area contributed by atoms with Gasteiger partial charge in [0.2, 0.25) is 0 Å². The average Bonchev–Trinajstić information content (AvgIpc) is 2.94. The number of hydrogen-bond donors (Lipinski definition) is 0. The van der Waals surface area contributed by atoms with Crippen molar-refractivity contribution in [1.82, 2.24) is 9.55 Å². The van der Waals surface area contributed by atoms with Crippen LogP contribution in [0.1, 0.15) is 4.88 Å². The van der Waals surface area contributed by atoms with E-state index in [1.165, 1.54) is 17.5 Å². The second-order valence-electron chi connectivity index (χ2n) is 4.58. The maximum absolute atomic E-state index is 12.2. The van der Waals surface area contributed by atoms with Crippen LogP contribution in [0.4, 0.5) is 0 Å². The molecule has 0 aliphatic rings. The van der Waals surface area contributed by atoms with Gasteiger partial charge in [0.15, 0.2) is 11.5 Å². The van der Waals surface area contributed by atoms with Crippen LogP contribution >= 0.6 is 22.9 Å². The van der Waals surface area contributed by atoms with E-state index in [1.807, 2.05) is 12.1 Å². The summed E-state index contributed by atoms with van der Waals surface area (Å²) in [5.41, 5.74) is 1.18. The number of thiophene rings is 1. The summed E-state index contributed by atoms with van der Waals surface area (Å²) in [6, 6.07) is 7.25. The monoisotopic (exact) mass is 336 g/mol. The first-order valence-corrected chi connectivity index (χ1v) is 7.67. The van der Waals surface area contributed by atoms with Crippen LogP contribution in [0.15, 0.2) is 35.3 Å². The lowest BCUT2D eigenvalue weighted by molar-refractivity contribution is 0.355. The molecule has 3 rings (SSSR count). The first kappa shape index (κ1) is 14.9. The summed E-state index contributed by atoms with van der Waals surface area (Å²) in [4.78, 5) is 17.4. The lowest BCUT2D eigenvalue weighted by Crippen LogP contribution is -2.20. The minimum Gasteiger partial charge on any atom is -0.493 e. The van der Waals surface area contributed by atoms with Gasteiger partial charge in [0.25, 0.3) is 5.56 Å². The zero-order valence-corrected chi connectivity index (χ0v) is 13.6. The number of hydrogen-bond acceptors (Lipinski definition) is 5. The minimum absolute atomic E-state index is 0.177. The van der Waals surface area contributed by atoms with Gasteiger partial charge in [-0.2, -0.15) is 0 Å². The highest BCUT2D eigenvalue weighted by Crippen LogP contribution is 2.31. The Morgan fingerprint density at radius 2 is 1.95 bits per heavy atom. The predicted octanol–water partition coefficient (Wildman–Crippen LogP) is 3.18. The summed E-state index contributed by atoms with van der Waals surface area (Å²) < 4.78 is 12.9. The van der Waals surface area contributed by atoms with Crippen LogP contribution in [0.2, 0.25) is 4.34 Å². The minimum atomic E-state index is -0.177. The highest BCUT2D eigenvalue weighted by atomic mass is 35.5. The van der Waals surface area contributed by atoms with Gasteiger partial charge in [0.05, 0.1) is 42.3 Å². The van der Waals surface area contributed by atoms with Gasteiger partial charge >= 0.3 is 0 Å². The Kier molecular flexibility index (Phi) is 4.04. The number of aromatic nitrogens is 2. The molecular formula is C15H13ClN2O3S. The number of fused-ring (bicyclic) bond motifs is 1. The number of halogens is 1. The van der Waals surface area contributed by atoms with Crippen LogP contribution < -0.4 is 15.0 Å². The van der Waals surface area contributed by atoms with Crippen molar-refractivity contribution in [3.63, 3.8) is 0 Å². The normalized spacial score (nSPS) is 10.9. The maximum Gasteiger partial charge on any atom is 0.269 e. The third-order valence-corrected chi connectivity index (χ3v) is 4.51. The van der Waals surface area contributed by atoms with Crippen molar-refractivity contribution in [2.24, 2.45) is 0 Å². The van der Waals surface area contributed by atoms with Gasteiger partial charge in [-0.3, -0.25) is 4.79 Å². The Morgan fingerprint density at radius 1 is 1.23 bits per heavy atom. The first-order valence-electron chi connectivity index (χ1n) is 6.48.